The average molecular weight is 331 g/mol. The molecule has 0 unspecified atom stereocenters. The van der Waals surface area contributed by atoms with Crippen LogP contribution in [0.3, 0.4) is 0 Å². The number of piperazine rings is 1. The van der Waals surface area contributed by atoms with Crippen molar-refractivity contribution in [1.82, 2.24) is 15.1 Å². The maximum absolute atomic E-state index is 12.2. The van der Waals surface area contributed by atoms with Gasteiger partial charge in [-0.15, -0.1) is 0 Å². The molecule has 0 aromatic heterocycles. The summed E-state index contributed by atoms with van der Waals surface area (Å²) in [6.07, 6.45) is 3.46. The first-order valence-electron chi connectivity index (χ1n) is 8.93. The smallest absolute Gasteiger partial charge is 0.222 e. The molecular weight excluding hydrogens is 302 g/mol. The van der Waals surface area contributed by atoms with Gasteiger partial charge in [0.25, 0.3) is 0 Å². The zero-order valence-electron chi connectivity index (χ0n) is 14.7. The Balaban J connectivity index is 1.58. The van der Waals surface area contributed by atoms with Crippen LogP contribution in [-0.4, -0.2) is 54.3 Å². The summed E-state index contributed by atoms with van der Waals surface area (Å²) in [6.45, 7) is 6.76. The van der Waals surface area contributed by atoms with E-state index in [-0.39, 0.29) is 11.8 Å². The van der Waals surface area contributed by atoms with Gasteiger partial charge in [-0.2, -0.15) is 0 Å². The Morgan fingerprint density at radius 2 is 1.71 bits per heavy atom. The van der Waals surface area contributed by atoms with Gasteiger partial charge in [-0.25, -0.2) is 0 Å². The summed E-state index contributed by atoms with van der Waals surface area (Å²) in [6, 6.07) is 10.5. The second kappa shape index (κ2) is 10.1. The highest BCUT2D eigenvalue weighted by Crippen LogP contribution is 2.10. The minimum atomic E-state index is 0.0134. The fourth-order valence-corrected chi connectivity index (χ4v) is 3.00. The number of carbonyl (C=O) groups excluding carboxylic acids is 2. The molecule has 0 atom stereocenters. The van der Waals surface area contributed by atoms with Crippen LogP contribution in [0.1, 0.15) is 38.2 Å². The number of amides is 2. The van der Waals surface area contributed by atoms with E-state index in [9.17, 15) is 9.59 Å². The summed E-state index contributed by atoms with van der Waals surface area (Å²) in [7, 11) is 0. The summed E-state index contributed by atoms with van der Waals surface area (Å²) in [4.78, 5) is 27.4. The van der Waals surface area contributed by atoms with E-state index in [0.717, 1.165) is 52.0 Å². The number of hydrogen-bond acceptors (Lipinski definition) is 3. The molecule has 132 valence electrons. The van der Waals surface area contributed by atoms with E-state index in [4.69, 9.17) is 0 Å². The molecule has 0 spiro atoms. The number of rotatable bonds is 8. The predicted octanol–water partition coefficient (Wildman–Crippen LogP) is 2.03. The number of carbonyl (C=O) groups is 2. The van der Waals surface area contributed by atoms with Crippen molar-refractivity contribution in [2.45, 2.75) is 39.2 Å². The van der Waals surface area contributed by atoms with E-state index in [1.54, 1.807) is 0 Å². The van der Waals surface area contributed by atoms with Crippen LogP contribution in [-0.2, 0) is 16.1 Å². The normalized spacial score (nSPS) is 15.3. The van der Waals surface area contributed by atoms with Gasteiger partial charge in [0.1, 0.15) is 0 Å². The van der Waals surface area contributed by atoms with Crippen LogP contribution in [0.25, 0.3) is 0 Å². The van der Waals surface area contributed by atoms with Crippen molar-refractivity contribution in [2.75, 3.05) is 32.7 Å². The van der Waals surface area contributed by atoms with E-state index < -0.39 is 0 Å². The molecule has 2 rings (SSSR count). The van der Waals surface area contributed by atoms with Crippen molar-refractivity contribution in [3.63, 3.8) is 0 Å². The lowest BCUT2D eigenvalue weighted by Gasteiger charge is -2.34. The molecule has 1 saturated heterocycles. The lowest BCUT2D eigenvalue weighted by atomic mass is 10.1. The molecule has 1 aliphatic heterocycles. The molecule has 2 amide bonds. The van der Waals surface area contributed by atoms with Gasteiger partial charge in [0.2, 0.25) is 11.8 Å². The largest absolute Gasteiger partial charge is 0.356 e. The summed E-state index contributed by atoms with van der Waals surface area (Å²) >= 11 is 0. The number of hydrogen-bond donors (Lipinski definition) is 1. The maximum atomic E-state index is 12.2. The monoisotopic (exact) mass is 331 g/mol. The SMILES string of the molecule is CC(=O)NCCCCCC(=O)N1CCN(Cc2ccccc2)CC1. The fraction of sp³-hybridized carbons (Fsp3) is 0.579. The zero-order valence-corrected chi connectivity index (χ0v) is 14.7. The summed E-state index contributed by atoms with van der Waals surface area (Å²) in [5, 5.41) is 2.78. The molecule has 1 aromatic rings. The molecule has 1 fully saturated rings. The van der Waals surface area contributed by atoms with Gasteiger partial charge in [-0.05, 0) is 18.4 Å². The first kappa shape index (κ1) is 18.5. The molecule has 24 heavy (non-hydrogen) atoms. The molecule has 5 heteroatoms. The van der Waals surface area contributed by atoms with E-state index >= 15 is 0 Å². The Bertz CT molecular complexity index is 511. The van der Waals surface area contributed by atoms with Crippen LogP contribution >= 0.6 is 0 Å². The fourth-order valence-electron chi connectivity index (χ4n) is 3.00. The minimum absolute atomic E-state index is 0.0134. The highest BCUT2D eigenvalue weighted by Gasteiger charge is 2.20. The first-order chi connectivity index (χ1) is 11.6. The molecule has 0 saturated carbocycles. The molecule has 0 aliphatic carbocycles. The molecule has 1 aromatic carbocycles. The van der Waals surface area contributed by atoms with E-state index in [0.29, 0.717) is 13.0 Å². The quantitative estimate of drug-likeness (QED) is 0.742. The maximum Gasteiger partial charge on any atom is 0.222 e. The van der Waals surface area contributed by atoms with E-state index in [1.807, 2.05) is 11.0 Å². The van der Waals surface area contributed by atoms with Gasteiger partial charge < -0.3 is 10.2 Å². The third-order valence-electron chi connectivity index (χ3n) is 4.42. The predicted molar refractivity (Wildman–Crippen MR) is 95.5 cm³/mol. The number of nitrogens with one attached hydrogen (secondary N) is 1. The van der Waals surface area contributed by atoms with Gasteiger partial charge in [-0.3, -0.25) is 14.5 Å². The lowest BCUT2D eigenvalue weighted by Crippen LogP contribution is -2.48. The Hall–Kier alpha value is -1.88. The van der Waals surface area contributed by atoms with Gasteiger partial charge in [0.05, 0.1) is 0 Å². The minimum Gasteiger partial charge on any atom is -0.356 e. The topological polar surface area (TPSA) is 52.7 Å². The summed E-state index contributed by atoms with van der Waals surface area (Å²) < 4.78 is 0. The van der Waals surface area contributed by atoms with Gasteiger partial charge in [0.15, 0.2) is 0 Å². The summed E-state index contributed by atoms with van der Waals surface area (Å²) in [5.74, 6) is 0.285. The number of unbranched alkanes of at least 4 members (excludes halogenated alkanes) is 2. The first-order valence-corrected chi connectivity index (χ1v) is 8.93. The van der Waals surface area contributed by atoms with E-state index in [1.165, 1.54) is 12.5 Å². The highest BCUT2D eigenvalue weighted by molar-refractivity contribution is 5.76. The second-order valence-electron chi connectivity index (χ2n) is 6.44. The Morgan fingerprint density at radius 3 is 2.38 bits per heavy atom. The molecule has 5 nitrogen and oxygen atoms in total. The molecular formula is C19H29N3O2. The number of benzene rings is 1. The van der Waals surface area contributed by atoms with Crippen molar-refractivity contribution in [2.24, 2.45) is 0 Å². The van der Waals surface area contributed by atoms with Crippen LogP contribution in [0, 0.1) is 0 Å². The van der Waals surface area contributed by atoms with Crippen molar-refractivity contribution >= 4 is 11.8 Å². The van der Waals surface area contributed by atoms with E-state index in [2.05, 4.69) is 34.5 Å². The zero-order chi connectivity index (χ0) is 17.2. The Labute approximate surface area is 145 Å². The molecule has 0 bridgehead atoms. The van der Waals surface area contributed by atoms with Crippen molar-refractivity contribution in [3.05, 3.63) is 35.9 Å². The molecule has 1 heterocycles. The van der Waals surface area contributed by atoms with Gasteiger partial charge in [-0.1, -0.05) is 36.8 Å². The standard InChI is InChI=1S/C19H29N3O2/c1-17(23)20-11-7-3-6-10-19(24)22-14-12-21(13-15-22)16-18-8-4-2-5-9-18/h2,4-5,8-9H,3,6-7,10-16H2,1H3,(H,20,23). The van der Waals surface area contributed by atoms with Gasteiger partial charge >= 0.3 is 0 Å². The van der Waals surface area contributed by atoms with Crippen molar-refractivity contribution < 1.29 is 9.59 Å². The van der Waals surface area contributed by atoms with Gasteiger partial charge in [0, 0.05) is 52.6 Å². The average Bonchev–Trinajstić information content (AvgIpc) is 2.59. The lowest BCUT2D eigenvalue weighted by molar-refractivity contribution is -0.133. The van der Waals surface area contributed by atoms with Crippen LogP contribution in [0.5, 0.6) is 0 Å². The highest BCUT2D eigenvalue weighted by atomic mass is 16.2. The molecule has 1 N–H and O–H groups in total. The molecule has 1 aliphatic rings. The van der Waals surface area contributed by atoms with Crippen LogP contribution in [0.15, 0.2) is 30.3 Å². The third-order valence-corrected chi connectivity index (χ3v) is 4.42. The van der Waals surface area contributed by atoms with Crippen LogP contribution in [0.4, 0.5) is 0 Å². The molecule has 0 radical (unpaired) electrons. The Morgan fingerprint density at radius 1 is 1.00 bits per heavy atom. The van der Waals surface area contributed by atoms with Crippen LogP contribution in [0.2, 0.25) is 0 Å². The second-order valence-corrected chi connectivity index (χ2v) is 6.44. The van der Waals surface area contributed by atoms with Crippen LogP contribution < -0.4 is 5.32 Å². The number of nitrogens with zero attached hydrogens (tertiary/aromatic N) is 2. The Kier molecular flexibility index (Phi) is 7.75. The summed E-state index contributed by atoms with van der Waals surface area (Å²) in [5.41, 5.74) is 1.33. The van der Waals surface area contributed by atoms with Crippen molar-refractivity contribution in [3.8, 4) is 0 Å². The third kappa shape index (κ3) is 6.71. The van der Waals surface area contributed by atoms with Crippen molar-refractivity contribution in [1.29, 1.82) is 0 Å².